The molecule has 0 aromatic heterocycles. The summed E-state index contributed by atoms with van der Waals surface area (Å²) in [4.78, 5) is 0. The Hall–Kier alpha value is -1.61. The van der Waals surface area contributed by atoms with Gasteiger partial charge in [0, 0.05) is 24.4 Å². The third-order valence-electron chi connectivity index (χ3n) is 2.42. The Bertz CT molecular complexity index is 373. The fourth-order valence-corrected chi connectivity index (χ4v) is 1.49. The summed E-state index contributed by atoms with van der Waals surface area (Å²) in [5.41, 5.74) is 8.84. The molecule has 0 fully saturated rings. The highest BCUT2D eigenvalue weighted by Crippen LogP contribution is 2.18. The fourth-order valence-electron chi connectivity index (χ4n) is 1.49. The van der Waals surface area contributed by atoms with E-state index in [4.69, 9.17) is 11.1 Å². The molecule has 0 bridgehead atoms. The molecule has 0 aromatic rings. The Morgan fingerprint density at radius 3 is 2.69 bits per heavy atom. The predicted molar refractivity (Wildman–Crippen MR) is 69.5 cm³/mol. The lowest BCUT2D eigenvalue weighted by atomic mass is 9.98. The second kappa shape index (κ2) is 6.08. The summed E-state index contributed by atoms with van der Waals surface area (Å²) in [5, 5.41) is 11.1. The first-order chi connectivity index (χ1) is 7.70. The van der Waals surface area contributed by atoms with Crippen LogP contribution in [0.3, 0.4) is 0 Å². The Balaban J connectivity index is 3.02. The molecule has 4 N–H and O–H groups in total. The van der Waals surface area contributed by atoms with Crippen LogP contribution in [-0.4, -0.2) is 18.8 Å². The second-order valence-corrected chi connectivity index (χ2v) is 3.59. The largest absolute Gasteiger partial charge is 0.383 e. The van der Waals surface area contributed by atoms with E-state index in [-0.39, 0.29) is 0 Å². The van der Waals surface area contributed by atoms with Gasteiger partial charge >= 0.3 is 0 Å². The zero-order valence-electron chi connectivity index (χ0n) is 9.72. The molecule has 86 valence electrons. The van der Waals surface area contributed by atoms with Gasteiger partial charge in [-0.2, -0.15) is 0 Å². The van der Waals surface area contributed by atoms with Crippen LogP contribution in [0.5, 0.6) is 0 Å². The summed E-state index contributed by atoms with van der Waals surface area (Å²) in [6.07, 6.45) is 8.37. The summed E-state index contributed by atoms with van der Waals surface area (Å²) in [6, 6.07) is 0. The molecule has 3 heteroatoms. The van der Waals surface area contributed by atoms with E-state index in [0.717, 1.165) is 23.3 Å². The van der Waals surface area contributed by atoms with E-state index in [0.29, 0.717) is 18.8 Å². The van der Waals surface area contributed by atoms with Crippen molar-refractivity contribution in [2.24, 2.45) is 5.73 Å². The SMILES string of the molecule is C=C(CC)/C(NCCN)=C1\C=CC=CC1=N. The van der Waals surface area contributed by atoms with Crippen LogP contribution < -0.4 is 11.1 Å². The number of nitrogens with one attached hydrogen (secondary N) is 2. The number of hydrogen-bond acceptors (Lipinski definition) is 3. The van der Waals surface area contributed by atoms with Gasteiger partial charge in [-0.05, 0) is 18.1 Å². The first-order valence-electron chi connectivity index (χ1n) is 5.50. The minimum Gasteiger partial charge on any atom is -0.383 e. The van der Waals surface area contributed by atoms with Crippen molar-refractivity contribution < 1.29 is 0 Å². The molecule has 1 rings (SSSR count). The molecule has 0 saturated heterocycles. The van der Waals surface area contributed by atoms with Crippen LogP contribution in [0.4, 0.5) is 0 Å². The van der Waals surface area contributed by atoms with Gasteiger partial charge in [0.05, 0.1) is 5.71 Å². The van der Waals surface area contributed by atoms with E-state index in [2.05, 4.69) is 18.8 Å². The smallest absolute Gasteiger partial charge is 0.0633 e. The van der Waals surface area contributed by atoms with Crippen molar-refractivity contribution in [1.82, 2.24) is 5.32 Å². The van der Waals surface area contributed by atoms with Gasteiger partial charge in [-0.25, -0.2) is 0 Å². The van der Waals surface area contributed by atoms with E-state index < -0.39 is 0 Å². The highest BCUT2D eigenvalue weighted by Gasteiger charge is 2.11. The minimum atomic E-state index is 0.511. The number of rotatable bonds is 5. The maximum absolute atomic E-state index is 7.87. The number of nitrogens with two attached hydrogens (primary N) is 1. The Morgan fingerprint density at radius 2 is 2.12 bits per heavy atom. The maximum Gasteiger partial charge on any atom is 0.0633 e. The fraction of sp³-hybridized carbons (Fsp3) is 0.308. The predicted octanol–water partition coefficient (Wildman–Crippen LogP) is 1.90. The van der Waals surface area contributed by atoms with Crippen molar-refractivity contribution in [3.8, 4) is 0 Å². The van der Waals surface area contributed by atoms with E-state index >= 15 is 0 Å². The molecule has 3 nitrogen and oxygen atoms in total. The van der Waals surface area contributed by atoms with Crippen molar-refractivity contribution in [3.05, 3.63) is 47.7 Å². The van der Waals surface area contributed by atoms with Crippen molar-refractivity contribution >= 4 is 5.71 Å². The van der Waals surface area contributed by atoms with Gasteiger partial charge in [0.1, 0.15) is 0 Å². The van der Waals surface area contributed by atoms with E-state index in [9.17, 15) is 0 Å². The Labute approximate surface area is 96.9 Å². The summed E-state index contributed by atoms with van der Waals surface area (Å²) >= 11 is 0. The van der Waals surface area contributed by atoms with Crippen molar-refractivity contribution in [2.75, 3.05) is 13.1 Å². The zero-order valence-corrected chi connectivity index (χ0v) is 9.72. The molecule has 0 saturated carbocycles. The van der Waals surface area contributed by atoms with E-state index in [1.165, 1.54) is 0 Å². The van der Waals surface area contributed by atoms with Crippen LogP contribution in [0.15, 0.2) is 47.7 Å². The summed E-state index contributed by atoms with van der Waals surface area (Å²) < 4.78 is 0. The molecule has 0 radical (unpaired) electrons. The van der Waals surface area contributed by atoms with Gasteiger partial charge in [0.25, 0.3) is 0 Å². The molecule has 0 atom stereocenters. The molecule has 0 amide bonds. The van der Waals surface area contributed by atoms with Crippen molar-refractivity contribution in [2.45, 2.75) is 13.3 Å². The van der Waals surface area contributed by atoms with Crippen LogP contribution in [0.25, 0.3) is 0 Å². The summed E-state index contributed by atoms with van der Waals surface area (Å²) in [6.45, 7) is 7.34. The van der Waals surface area contributed by atoms with Crippen LogP contribution in [-0.2, 0) is 0 Å². The van der Waals surface area contributed by atoms with Crippen LogP contribution >= 0.6 is 0 Å². The monoisotopic (exact) mass is 217 g/mol. The van der Waals surface area contributed by atoms with Crippen LogP contribution in [0, 0.1) is 5.41 Å². The molecular weight excluding hydrogens is 198 g/mol. The zero-order chi connectivity index (χ0) is 12.0. The van der Waals surface area contributed by atoms with Gasteiger partial charge in [0.15, 0.2) is 0 Å². The Morgan fingerprint density at radius 1 is 1.44 bits per heavy atom. The van der Waals surface area contributed by atoms with Gasteiger partial charge in [0.2, 0.25) is 0 Å². The summed E-state index contributed by atoms with van der Waals surface area (Å²) in [7, 11) is 0. The quantitative estimate of drug-likeness (QED) is 0.658. The highest BCUT2D eigenvalue weighted by atomic mass is 14.9. The highest BCUT2D eigenvalue weighted by molar-refractivity contribution is 6.10. The molecule has 16 heavy (non-hydrogen) atoms. The third kappa shape index (κ3) is 2.94. The lowest BCUT2D eigenvalue weighted by Gasteiger charge is -2.17. The van der Waals surface area contributed by atoms with Crippen molar-refractivity contribution in [3.63, 3.8) is 0 Å². The van der Waals surface area contributed by atoms with Crippen LogP contribution in [0.1, 0.15) is 13.3 Å². The second-order valence-electron chi connectivity index (χ2n) is 3.59. The van der Waals surface area contributed by atoms with Gasteiger partial charge in [-0.1, -0.05) is 31.7 Å². The van der Waals surface area contributed by atoms with Gasteiger partial charge in [-0.3, -0.25) is 0 Å². The molecule has 0 heterocycles. The minimum absolute atomic E-state index is 0.511. The molecule has 1 aliphatic rings. The molecule has 0 unspecified atom stereocenters. The normalized spacial score (nSPS) is 17.5. The maximum atomic E-state index is 7.87. The van der Waals surface area contributed by atoms with Crippen LogP contribution in [0.2, 0.25) is 0 Å². The number of hydrogen-bond donors (Lipinski definition) is 3. The van der Waals surface area contributed by atoms with Gasteiger partial charge < -0.3 is 16.5 Å². The number of allylic oxidation sites excluding steroid dienone is 6. The molecule has 0 aromatic carbocycles. The first kappa shape index (κ1) is 12.5. The molecule has 1 aliphatic carbocycles. The third-order valence-corrected chi connectivity index (χ3v) is 2.42. The lowest BCUT2D eigenvalue weighted by Crippen LogP contribution is -2.25. The van der Waals surface area contributed by atoms with E-state index in [1.807, 2.05) is 18.2 Å². The van der Waals surface area contributed by atoms with Crippen molar-refractivity contribution in [1.29, 1.82) is 5.41 Å². The molecular formula is C13H19N3. The topological polar surface area (TPSA) is 61.9 Å². The molecule has 0 aliphatic heterocycles. The Kier molecular flexibility index (Phi) is 4.73. The molecule has 0 spiro atoms. The first-order valence-corrected chi connectivity index (χ1v) is 5.50. The summed E-state index contributed by atoms with van der Waals surface area (Å²) in [5.74, 6) is 0. The van der Waals surface area contributed by atoms with Gasteiger partial charge in [-0.15, -0.1) is 0 Å². The lowest BCUT2D eigenvalue weighted by molar-refractivity contribution is 0.792. The average Bonchev–Trinajstić information content (AvgIpc) is 2.31. The average molecular weight is 217 g/mol. The van der Waals surface area contributed by atoms with E-state index in [1.54, 1.807) is 6.08 Å². The standard InChI is InChI=1S/C13H19N3/c1-3-10(2)13(16-9-8-14)11-6-4-5-7-12(11)15/h4-7,15-16H,2-3,8-9,14H2,1H3/b13-11-,15-12?.